The molecule has 1 aromatic rings. The predicted octanol–water partition coefficient (Wildman–Crippen LogP) is 1.26. The van der Waals surface area contributed by atoms with Crippen molar-refractivity contribution in [1.29, 1.82) is 0 Å². The summed E-state index contributed by atoms with van der Waals surface area (Å²) in [6, 6.07) is 5.47. The van der Waals surface area contributed by atoms with Crippen molar-refractivity contribution in [1.82, 2.24) is 4.90 Å². The largest absolute Gasteiger partial charge is 0.481 e. The Morgan fingerprint density at radius 2 is 2.00 bits per heavy atom. The molecule has 0 saturated carbocycles. The Bertz CT molecular complexity index is 498. The van der Waals surface area contributed by atoms with Crippen LogP contribution >= 0.6 is 0 Å². The molecule has 6 heteroatoms. The zero-order valence-electron chi connectivity index (χ0n) is 11.1. The van der Waals surface area contributed by atoms with Gasteiger partial charge >= 0.3 is 5.97 Å². The van der Waals surface area contributed by atoms with Crippen LogP contribution in [-0.4, -0.2) is 49.1 Å². The van der Waals surface area contributed by atoms with Crippen LogP contribution in [0.2, 0.25) is 0 Å². The number of benzene rings is 1. The van der Waals surface area contributed by atoms with E-state index in [4.69, 9.17) is 19.3 Å². The topological polar surface area (TPSA) is 68.2 Å². The number of hydrogen-bond acceptors (Lipinski definition) is 5. The highest BCUT2D eigenvalue weighted by molar-refractivity contribution is 5.68. The van der Waals surface area contributed by atoms with Crippen molar-refractivity contribution in [3.63, 3.8) is 0 Å². The number of morpholine rings is 1. The van der Waals surface area contributed by atoms with Crippen LogP contribution in [0.25, 0.3) is 0 Å². The first-order valence-corrected chi connectivity index (χ1v) is 6.67. The first-order chi connectivity index (χ1) is 9.74. The van der Waals surface area contributed by atoms with Crippen molar-refractivity contribution in [3.05, 3.63) is 23.8 Å². The second-order valence-corrected chi connectivity index (χ2v) is 4.87. The monoisotopic (exact) mass is 279 g/mol. The minimum absolute atomic E-state index is 0.0691. The number of carbonyl (C=O) groups is 1. The fourth-order valence-corrected chi connectivity index (χ4v) is 2.63. The van der Waals surface area contributed by atoms with E-state index in [1.165, 1.54) is 0 Å². The standard InChI is InChI=1S/C14H17NO5/c16-14(17)8-11(15-3-5-18-6-4-15)10-1-2-12-13(7-10)20-9-19-12/h1-2,7,11H,3-6,8-9H2,(H,16,17). The second-order valence-electron chi connectivity index (χ2n) is 4.87. The third-order valence-corrected chi connectivity index (χ3v) is 3.64. The lowest BCUT2D eigenvalue weighted by Gasteiger charge is -2.34. The highest BCUT2D eigenvalue weighted by Gasteiger charge is 2.26. The van der Waals surface area contributed by atoms with Crippen molar-refractivity contribution < 1.29 is 24.1 Å². The van der Waals surface area contributed by atoms with E-state index in [1.54, 1.807) is 0 Å². The summed E-state index contributed by atoms with van der Waals surface area (Å²) in [5.74, 6) is 0.593. The molecule has 1 N–H and O–H groups in total. The summed E-state index contributed by atoms with van der Waals surface area (Å²) in [7, 11) is 0. The molecule has 0 bridgehead atoms. The molecule has 0 amide bonds. The molecule has 1 unspecified atom stereocenters. The van der Waals surface area contributed by atoms with Gasteiger partial charge in [0.05, 0.1) is 19.6 Å². The Morgan fingerprint density at radius 3 is 2.75 bits per heavy atom. The molecule has 6 nitrogen and oxygen atoms in total. The summed E-state index contributed by atoms with van der Waals surface area (Å²) >= 11 is 0. The van der Waals surface area contributed by atoms with Gasteiger partial charge in [-0.3, -0.25) is 9.69 Å². The average Bonchev–Trinajstić information content (AvgIpc) is 2.93. The van der Waals surface area contributed by atoms with Crippen molar-refractivity contribution >= 4 is 5.97 Å². The minimum Gasteiger partial charge on any atom is -0.481 e. The Morgan fingerprint density at radius 1 is 1.25 bits per heavy atom. The summed E-state index contributed by atoms with van der Waals surface area (Å²) in [4.78, 5) is 13.3. The molecule has 1 fully saturated rings. The Labute approximate surface area is 116 Å². The van der Waals surface area contributed by atoms with Crippen LogP contribution < -0.4 is 9.47 Å². The molecule has 0 aromatic heterocycles. The molecule has 2 aliphatic heterocycles. The van der Waals surface area contributed by atoms with Crippen LogP contribution in [0.15, 0.2) is 18.2 Å². The van der Waals surface area contributed by atoms with Gasteiger partial charge in [0.2, 0.25) is 6.79 Å². The van der Waals surface area contributed by atoms with Gasteiger partial charge in [-0.2, -0.15) is 0 Å². The van der Waals surface area contributed by atoms with Crippen molar-refractivity contribution in [2.75, 3.05) is 33.1 Å². The number of hydrogen-bond donors (Lipinski definition) is 1. The zero-order chi connectivity index (χ0) is 13.9. The SMILES string of the molecule is O=C(O)CC(c1ccc2c(c1)OCO2)N1CCOCC1. The van der Waals surface area contributed by atoms with E-state index in [-0.39, 0.29) is 19.3 Å². The molecule has 2 aliphatic rings. The third kappa shape index (κ3) is 2.71. The Balaban J connectivity index is 1.85. The second kappa shape index (κ2) is 5.68. The van der Waals surface area contributed by atoms with Gasteiger partial charge in [0, 0.05) is 19.1 Å². The first kappa shape index (κ1) is 13.2. The molecule has 108 valence electrons. The van der Waals surface area contributed by atoms with E-state index < -0.39 is 5.97 Å². The maximum Gasteiger partial charge on any atom is 0.305 e. The smallest absolute Gasteiger partial charge is 0.305 e. The van der Waals surface area contributed by atoms with Crippen LogP contribution in [0.4, 0.5) is 0 Å². The zero-order valence-corrected chi connectivity index (χ0v) is 11.1. The van der Waals surface area contributed by atoms with Gasteiger partial charge in [-0.1, -0.05) is 6.07 Å². The van der Waals surface area contributed by atoms with Gasteiger partial charge in [-0.05, 0) is 17.7 Å². The molecule has 0 spiro atoms. The van der Waals surface area contributed by atoms with Gasteiger partial charge in [0.1, 0.15) is 0 Å². The van der Waals surface area contributed by atoms with Crippen LogP contribution in [-0.2, 0) is 9.53 Å². The van der Waals surface area contributed by atoms with E-state index in [9.17, 15) is 4.79 Å². The molecule has 1 aromatic carbocycles. The fraction of sp³-hybridized carbons (Fsp3) is 0.500. The summed E-state index contributed by atoms with van der Waals surface area (Å²) in [6.07, 6.45) is 0.0691. The maximum absolute atomic E-state index is 11.1. The number of ether oxygens (including phenoxy) is 3. The lowest BCUT2D eigenvalue weighted by molar-refractivity contribution is -0.139. The lowest BCUT2D eigenvalue weighted by Crippen LogP contribution is -2.39. The number of carboxylic acid groups (broad SMARTS) is 1. The van der Waals surface area contributed by atoms with Gasteiger partial charge in [-0.25, -0.2) is 0 Å². The summed E-state index contributed by atoms with van der Waals surface area (Å²) < 4.78 is 16.0. The average molecular weight is 279 g/mol. The molecule has 3 rings (SSSR count). The van der Waals surface area contributed by atoms with Crippen molar-refractivity contribution in [2.45, 2.75) is 12.5 Å². The van der Waals surface area contributed by atoms with E-state index in [0.717, 1.165) is 18.7 Å². The number of carboxylic acids is 1. The van der Waals surface area contributed by atoms with Gasteiger partial charge in [0.15, 0.2) is 11.5 Å². The molecular formula is C14H17NO5. The normalized spacial score (nSPS) is 19.8. The van der Waals surface area contributed by atoms with Crippen molar-refractivity contribution in [3.8, 4) is 11.5 Å². The van der Waals surface area contributed by atoms with Crippen LogP contribution in [0.3, 0.4) is 0 Å². The van der Waals surface area contributed by atoms with E-state index >= 15 is 0 Å². The predicted molar refractivity (Wildman–Crippen MR) is 70.0 cm³/mol. The van der Waals surface area contributed by atoms with E-state index in [0.29, 0.717) is 24.7 Å². The molecule has 1 saturated heterocycles. The molecular weight excluding hydrogens is 262 g/mol. The Kier molecular flexibility index (Phi) is 3.75. The highest BCUT2D eigenvalue weighted by atomic mass is 16.7. The highest BCUT2D eigenvalue weighted by Crippen LogP contribution is 2.36. The summed E-state index contributed by atoms with van der Waals surface area (Å²) in [6.45, 7) is 2.99. The van der Waals surface area contributed by atoms with Gasteiger partial charge in [0.25, 0.3) is 0 Å². The van der Waals surface area contributed by atoms with Crippen LogP contribution in [0, 0.1) is 0 Å². The quantitative estimate of drug-likeness (QED) is 0.895. The number of fused-ring (bicyclic) bond motifs is 1. The summed E-state index contributed by atoms with van der Waals surface area (Å²) in [5, 5.41) is 9.16. The fourth-order valence-electron chi connectivity index (χ4n) is 2.63. The molecule has 0 radical (unpaired) electrons. The number of nitrogens with zero attached hydrogens (tertiary/aromatic N) is 1. The molecule has 2 heterocycles. The first-order valence-electron chi connectivity index (χ1n) is 6.67. The van der Waals surface area contributed by atoms with E-state index in [1.807, 2.05) is 18.2 Å². The van der Waals surface area contributed by atoms with E-state index in [2.05, 4.69) is 4.90 Å². The van der Waals surface area contributed by atoms with Crippen LogP contribution in [0.1, 0.15) is 18.0 Å². The summed E-state index contributed by atoms with van der Waals surface area (Å²) in [5.41, 5.74) is 0.943. The molecule has 0 aliphatic carbocycles. The Hall–Kier alpha value is -1.79. The van der Waals surface area contributed by atoms with Gasteiger partial charge < -0.3 is 19.3 Å². The van der Waals surface area contributed by atoms with Gasteiger partial charge in [-0.15, -0.1) is 0 Å². The molecule has 20 heavy (non-hydrogen) atoms. The van der Waals surface area contributed by atoms with Crippen molar-refractivity contribution in [2.24, 2.45) is 0 Å². The molecule has 1 atom stereocenters. The van der Waals surface area contributed by atoms with Crippen LogP contribution in [0.5, 0.6) is 11.5 Å². The number of aliphatic carboxylic acids is 1. The number of rotatable bonds is 4. The minimum atomic E-state index is -0.806. The lowest BCUT2D eigenvalue weighted by atomic mass is 10.0. The third-order valence-electron chi connectivity index (χ3n) is 3.64. The maximum atomic E-state index is 11.1.